The van der Waals surface area contributed by atoms with Crippen LogP contribution in [0.2, 0.25) is 0 Å². The van der Waals surface area contributed by atoms with Crippen LogP contribution in [0, 0.1) is 0 Å². The van der Waals surface area contributed by atoms with E-state index in [9.17, 15) is 15.0 Å². The van der Waals surface area contributed by atoms with Crippen LogP contribution < -0.4 is 0 Å². The van der Waals surface area contributed by atoms with Crippen LogP contribution in [-0.4, -0.2) is 16.2 Å². The van der Waals surface area contributed by atoms with Crippen molar-refractivity contribution in [3.63, 3.8) is 0 Å². The maximum atomic E-state index is 11.5. The topological polar surface area (TPSA) is 57.5 Å². The van der Waals surface area contributed by atoms with Crippen molar-refractivity contribution in [1.82, 2.24) is 0 Å². The van der Waals surface area contributed by atoms with Gasteiger partial charge in [0, 0.05) is 5.56 Å². The molecule has 2 N–H and O–H groups in total. The number of carboxylic acids is 1. The van der Waals surface area contributed by atoms with Crippen molar-refractivity contribution in [3.05, 3.63) is 53.6 Å². The van der Waals surface area contributed by atoms with E-state index in [1.54, 1.807) is 12.1 Å². The number of benzene rings is 2. The summed E-state index contributed by atoms with van der Waals surface area (Å²) >= 11 is 0. The van der Waals surface area contributed by atoms with Gasteiger partial charge in [-0.2, -0.15) is 0 Å². The molecule has 2 aromatic rings. The minimum Gasteiger partial charge on any atom is -0.507 e. The molecule has 0 aliphatic carbocycles. The molecule has 3 nitrogen and oxygen atoms in total. The number of phenols is 1. The molecule has 0 saturated carbocycles. The molecule has 0 aromatic heterocycles. The summed E-state index contributed by atoms with van der Waals surface area (Å²) in [5.41, 5.74) is 1.59. The first-order valence-corrected chi connectivity index (χ1v) is 6.47. The van der Waals surface area contributed by atoms with Gasteiger partial charge in [-0.1, -0.05) is 63.2 Å². The molecule has 0 heterocycles. The molecule has 2 rings (SSSR count). The van der Waals surface area contributed by atoms with Gasteiger partial charge in [-0.25, -0.2) is 4.79 Å². The zero-order valence-corrected chi connectivity index (χ0v) is 11.8. The van der Waals surface area contributed by atoms with Crippen molar-refractivity contribution in [1.29, 1.82) is 0 Å². The molecule has 2 aromatic carbocycles. The van der Waals surface area contributed by atoms with E-state index in [4.69, 9.17) is 0 Å². The van der Waals surface area contributed by atoms with Crippen LogP contribution in [0.3, 0.4) is 0 Å². The molecule has 104 valence electrons. The number of carbonyl (C=O) groups is 1. The van der Waals surface area contributed by atoms with E-state index in [1.807, 2.05) is 51.1 Å². The van der Waals surface area contributed by atoms with Crippen molar-refractivity contribution < 1.29 is 15.0 Å². The van der Waals surface area contributed by atoms with Crippen molar-refractivity contribution >= 4 is 5.97 Å². The van der Waals surface area contributed by atoms with Gasteiger partial charge in [0.1, 0.15) is 11.3 Å². The third-order valence-electron chi connectivity index (χ3n) is 3.28. The van der Waals surface area contributed by atoms with Gasteiger partial charge in [0.25, 0.3) is 0 Å². The van der Waals surface area contributed by atoms with Crippen molar-refractivity contribution in [2.45, 2.75) is 26.2 Å². The minimum absolute atomic E-state index is 0.0383. The van der Waals surface area contributed by atoms with E-state index < -0.39 is 5.97 Å². The van der Waals surface area contributed by atoms with Crippen molar-refractivity contribution in [2.75, 3.05) is 0 Å². The highest BCUT2D eigenvalue weighted by Crippen LogP contribution is 2.38. The van der Waals surface area contributed by atoms with Crippen LogP contribution in [-0.2, 0) is 5.41 Å². The fourth-order valence-electron chi connectivity index (χ4n) is 2.27. The molecule has 0 fully saturated rings. The maximum Gasteiger partial charge on any atom is 0.340 e. The second-order valence-electron chi connectivity index (χ2n) is 5.81. The summed E-state index contributed by atoms with van der Waals surface area (Å²) in [7, 11) is 0. The molecule has 0 aliphatic rings. The number of aromatic carboxylic acids is 1. The highest BCUT2D eigenvalue weighted by atomic mass is 16.4. The molecule has 0 saturated heterocycles. The van der Waals surface area contributed by atoms with E-state index in [1.165, 1.54) is 0 Å². The first kappa shape index (κ1) is 14.1. The molecule has 0 spiro atoms. The molecular weight excluding hydrogens is 252 g/mol. The van der Waals surface area contributed by atoms with Crippen molar-refractivity contribution in [2.24, 2.45) is 0 Å². The predicted octanol–water partition coefficient (Wildman–Crippen LogP) is 4.05. The number of hydrogen-bond acceptors (Lipinski definition) is 2. The Kier molecular flexibility index (Phi) is 3.53. The smallest absolute Gasteiger partial charge is 0.340 e. The average Bonchev–Trinajstić information content (AvgIpc) is 2.37. The normalized spacial score (nSPS) is 11.3. The Morgan fingerprint density at radius 3 is 2.10 bits per heavy atom. The molecule has 3 heteroatoms. The molecule has 20 heavy (non-hydrogen) atoms. The van der Waals surface area contributed by atoms with Gasteiger partial charge in [-0.05, 0) is 16.5 Å². The van der Waals surface area contributed by atoms with Crippen LogP contribution in [0.15, 0.2) is 42.5 Å². The Balaban J connectivity index is 2.73. The second-order valence-corrected chi connectivity index (χ2v) is 5.81. The third kappa shape index (κ3) is 2.52. The summed E-state index contributed by atoms with van der Waals surface area (Å²) in [4.78, 5) is 11.5. The van der Waals surface area contributed by atoms with Crippen molar-refractivity contribution in [3.8, 4) is 16.9 Å². The number of carboxylic acid groups (broad SMARTS) is 1. The minimum atomic E-state index is -1.12. The van der Waals surface area contributed by atoms with Gasteiger partial charge in [0.15, 0.2) is 0 Å². The Bertz CT molecular complexity index is 637. The summed E-state index contributed by atoms with van der Waals surface area (Å²) in [6.45, 7) is 5.82. The Morgan fingerprint density at radius 1 is 1.00 bits per heavy atom. The number of aromatic hydroxyl groups is 1. The summed E-state index contributed by atoms with van der Waals surface area (Å²) in [6, 6.07) is 12.8. The summed E-state index contributed by atoms with van der Waals surface area (Å²) in [5.74, 6) is -1.26. The number of hydrogen-bond donors (Lipinski definition) is 2. The van der Waals surface area contributed by atoms with E-state index in [2.05, 4.69) is 0 Å². The summed E-state index contributed by atoms with van der Waals surface area (Å²) in [6.07, 6.45) is 0. The Hall–Kier alpha value is -2.29. The van der Waals surface area contributed by atoms with Gasteiger partial charge < -0.3 is 10.2 Å². The Morgan fingerprint density at radius 2 is 1.60 bits per heavy atom. The molecule has 0 unspecified atom stereocenters. The quantitative estimate of drug-likeness (QED) is 0.865. The van der Waals surface area contributed by atoms with Crippen LogP contribution in [0.1, 0.15) is 36.7 Å². The van der Waals surface area contributed by atoms with Gasteiger partial charge >= 0.3 is 5.97 Å². The summed E-state index contributed by atoms with van der Waals surface area (Å²) < 4.78 is 0. The molecule has 0 radical (unpaired) electrons. The van der Waals surface area contributed by atoms with E-state index in [0.29, 0.717) is 11.1 Å². The monoisotopic (exact) mass is 270 g/mol. The lowest BCUT2D eigenvalue weighted by atomic mass is 9.83. The zero-order chi connectivity index (χ0) is 14.9. The lowest BCUT2D eigenvalue weighted by Gasteiger charge is -2.22. The average molecular weight is 270 g/mol. The second kappa shape index (κ2) is 5.00. The van der Waals surface area contributed by atoms with E-state index in [-0.39, 0.29) is 16.7 Å². The first-order chi connectivity index (χ1) is 9.32. The fraction of sp³-hybridized carbons (Fsp3) is 0.235. The van der Waals surface area contributed by atoms with Gasteiger partial charge in [-0.15, -0.1) is 0 Å². The van der Waals surface area contributed by atoms with Gasteiger partial charge in [0.05, 0.1) is 0 Å². The predicted molar refractivity (Wildman–Crippen MR) is 79.2 cm³/mol. The molecule has 0 atom stereocenters. The SMILES string of the molecule is CC(C)(C)c1ccc(-c2ccccc2)c(C(=O)O)c1O. The Labute approximate surface area is 118 Å². The van der Waals surface area contributed by atoms with Gasteiger partial charge in [0.2, 0.25) is 0 Å². The number of rotatable bonds is 2. The van der Waals surface area contributed by atoms with Crippen LogP contribution in [0.25, 0.3) is 11.1 Å². The lowest BCUT2D eigenvalue weighted by molar-refractivity contribution is 0.0694. The first-order valence-electron chi connectivity index (χ1n) is 6.47. The lowest BCUT2D eigenvalue weighted by Crippen LogP contribution is -2.13. The molecule has 0 aliphatic heterocycles. The highest BCUT2D eigenvalue weighted by molar-refractivity contribution is 5.99. The third-order valence-corrected chi connectivity index (χ3v) is 3.28. The standard InChI is InChI=1S/C17H18O3/c1-17(2,3)13-10-9-12(11-7-5-4-6-8-11)14(15(13)18)16(19)20/h4-10,18H,1-3H3,(H,19,20). The maximum absolute atomic E-state index is 11.5. The highest BCUT2D eigenvalue weighted by Gasteiger charge is 2.25. The molecule has 0 amide bonds. The zero-order valence-electron chi connectivity index (χ0n) is 11.8. The fourth-order valence-corrected chi connectivity index (χ4v) is 2.27. The van der Waals surface area contributed by atoms with E-state index in [0.717, 1.165) is 5.56 Å². The van der Waals surface area contributed by atoms with E-state index >= 15 is 0 Å². The molecular formula is C17H18O3. The molecule has 0 bridgehead atoms. The van der Waals surface area contributed by atoms with Gasteiger partial charge in [-0.3, -0.25) is 0 Å². The van der Waals surface area contributed by atoms with Crippen LogP contribution >= 0.6 is 0 Å². The van der Waals surface area contributed by atoms with Crippen LogP contribution in [0.4, 0.5) is 0 Å². The van der Waals surface area contributed by atoms with Crippen LogP contribution in [0.5, 0.6) is 5.75 Å². The largest absolute Gasteiger partial charge is 0.507 e. The summed E-state index contributed by atoms with van der Waals surface area (Å²) in [5, 5.41) is 19.8.